The van der Waals surface area contributed by atoms with Crippen LogP contribution < -0.4 is 15.5 Å². The standard InChI is InChI=1S/C21H18F3N5O2/c1-12-19(30)25-16-10-13(6-7-17(16)28(12)2)20(31)26-18-8-9-29(27-18)15-5-3-4-14(11-15)21(22,23)24/h3-12H,1-2H3,(H,25,30)(H,26,27,31). The van der Waals surface area contributed by atoms with Gasteiger partial charge < -0.3 is 15.5 Å². The Morgan fingerprint density at radius 1 is 1.16 bits per heavy atom. The van der Waals surface area contributed by atoms with Gasteiger partial charge in [0.05, 0.1) is 22.6 Å². The summed E-state index contributed by atoms with van der Waals surface area (Å²) in [5.41, 5.74) is 1.03. The van der Waals surface area contributed by atoms with Crippen LogP contribution in [0.25, 0.3) is 5.69 Å². The fourth-order valence-electron chi connectivity index (χ4n) is 3.25. The zero-order chi connectivity index (χ0) is 22.3. The predicted molar refractivity (Wildman–Crippen MR) is 109 cm³/mol. The summed E-state index contributed by atoms with van der Waals surface area (Å²) in [6.45, 7) is 1.78. The molecule has 31 heavy (non-hydrogen) atoms. The van der Waals surface area contributed by atoms with Crippen molar-refractivity contribution in [2.45, 2.75) is 19.1 Å². The zero-order valence-corrected chi connectivity index (χ0v) is 16.6. The van der Waals surface area contributed by atoms with Crippen LogP contribution in [-0.2, 0) is 11.0 Å². The lowest BCUT2D eigenvalue weighted by Gasteiger charge is -2.33. The Labute approximate surface area is 175 Å². The van der Waals surface area contributed by atoms with Crippen molar-refractivity contribution < 1.29 is 22.8 Å². The molecule has 1 aliphatic heterocycles. The number of hydrogen-bond donors (Lipinski definition) is 2. The molecule has 7 nitrogen and oxygen atoms in total. The normalized spacial score (nSPS) is 16.0. The molecule has 2 N–H and O–H groups in total. The van der Waals surface area contributed by atoms with Crippen molar-refractivity contribution in [2.24, 2.45) is 0 Å². The molecule has 4 rings (SSSR count). The largest absolute Gasteiger partial charge is 0.416 e. The molecule has 0 spiro atoms. The molecule has 2 heterocycles. The van der Waals surface area contributed by atoms with Crippen LogP contribution in [-0.4, -0.2) is 34.7 Å². The van der Waals surface area contributed by atoms with Gasteiger partial charge >= 0.3 is 6.18 Å². The number of rotatable bonds is 3. The minimum absolute atomic E-state index is 0.174. The number of likely N-dealkylation sites (N-methyl/N-ethyl adjacent to an activating group) is 1. The third-order valence-corrected chi connectivity index (χ3v) is 5.13. The smallest absolute Gasteiger partial charge is 0.361 e. The summed E-state index contributed by atoms with van der Waals surface area (Å²) >= 11 is 0. The molecule has 1 aromatic heterocycles. The zero-order valence-electron chi connectivity index (χ0n) is 16.6. The summed E-state index contributed by atoms with van der Waals surface area (Å²) in [5, 5.41) is 9.51. The number of anilines is 3. The van der Waals surface area contributed by atoms with Crippen LogP contribution in [0.3, 0.4) is 0 Å². The van der Waals surface area contributed by atoms with Gasteiger partial charge in [-0.05, 0) is 43.3 Å². The maximum atomic E-state index is 12.9. The van der Waals surface area contributed by atoms with E-state index < -0.39 is 17.6 Å². The molecule has 160 valence electrons. The average molecular weight is 429 g/mol. The molecule has 0 bridgehead atoms. The van der Waals surface area contributed by atoms with Gasteiger partial charge in [-0.2, -0.15) is 18.3 Å². The lowest BCUT2D eigenvalue weighted by molar-refractivity contribution is -0.137. The van der Waals surface area contributed by atoms with Crippen LogP contribution in [0, 0.1) is 0 Å². The van der Waals surface area contributed by atoms with Gasteiger partial charge in [-0.3, -0.25) is 9.59 Å². The molecular formula is C21H18F3N5O2. The highest BCUT2D eigenvalue weighted by Crippen LogP contribution is 2.32. The van der Waals surface area contributed by atoms with Gasteiger partial charge in [0.25, 0.3) is 5.91 Å². The first-order valence-corrected chi connectivity index (χ1v) is 9.36. The number of benzene rings is 2. The second-order valence-electron chi connectivity index (χ2n) is 7.16. The maximum absolute atomic E-state index is 12.9. The topological polar surface area (TPSA) is 79.3 Å². The highest BCUT2D eigenvalue weighted by molar-refractivity contribution is 6.08. The minimum Gasteiger partial charge on any atom is -0.361 e. The van der Waals surface area contributed by atoms with Crippen molar-refractivity contribution in [2.75, 3.05) is 22.6 Å². The van der Waals surface area contributed by atoms with Crippen molar-refractivity contribution in [1.82, 2.24) is 9.78 Å². The van der Waals surface area contributed by atoms with E-state index in [0.717, 1.165) is 17.8 Å². The Hall–Kier alpha value is -3.82. The molecule has 0 aliphatic carbocycles. The van der Waals surface area contributed by atoms with Gasteiger partial charge in [0.15, 0.2) is 5.82 Å². The Kier molecular flexibility index (Phi) is 4.92. The van der Waals surface area contributed by atoms with E-state index in [9.17, 15) is 22.8 Å². The van der Waals surface area contributed by atoms with Crippen molar-refractivity contribution >= 4 is 29.0 Å². The minimum atomic E-state index is -4.46. The lowest BCUT2D eigenvalue weighted by Crippen LogP contribution is -2.43. The summed E-state index contributed by atoms with van der Waals surface area (Å²) in [4.78, 5) is 26.5. The number of hydrogen-bond acceptors (Lipinski definition) is 4. The summed E-state index contributed by atoms with van der Waals surface area (Å²) in [6, 6.07) is 10.8. The molecule has 0 saturated heterocycles. The van der Waals surface area contributed by atoms with Crippen LogP contribution in [0.2, 0.25) is 0 Å². The van der Waals surface area contributed by atoms with Gasteiger partial charge in [0, 0.05) is 24.9 Å². The number of amides is 2. The summed E-state index contributed by atoms with van der Waals surface area (Å²) in [5.74, 6) is -0.463. The number of nitrogens with one attached hydrogen (secondary N) is 2. The van der Waals surface area contributed by atoms with E-state index in [1.165, 1.54) is 29.1 Å². The van der Waals surface area contributed by atoms with Crippen LogP contribution in [0.15, 0.2) is 54.7 Å². The number of carbonyl (C=O) groups excluding carboxylic acids is 2. The van der Waals surface area contributed by atoms with Crippen LogP contribution >= 0.6 is 0 Å². The Morgan fingerprint density at radius 2 is 1.94 bits per heavy atom. The third-order valence-electron chi connectivity index (χ3n) is 5.13. The number of halogens is 3. The number of aromatic nitrogens is 2. The average Bonchev–Trinajstić information content (AvgIpc) is 3.19. The number of alkyl halides is 3. The van der Waals surface area contributed by atoms with Gasteiger partial charge in [-0.25, -0.2) is 4.68 Å². The molecule has 0 saturated carbocycles. The molecule has 2 aromatic carbocycles. The Bertz CT molecular complexity index is 1170. The third kappa shape index (κ3) is 3.96. The highest BCUT2D eigenvalue weighted by Gasteiger charge is 2.30. The fourth-order valence-corrected chi connectivity index (χ4v) is 3.25. The van der Waals surface area contributed by atoms with E-state index in [2.05, 4.69) is 15.7 Å². The molecule has 1 unspecified atom stereocenters. The van der Waals surface area contributed by atoms with E-state index >= 15 is 0 Å². The van der Waals surface area contributed by atoms with Gasteiger partial charge in [-0.15, -0.1) is 0 Å². The van der Waals surface area contributed by atoms with Gasteiger partial charge in [0.2, 0.25) is 5.91 Å². The Balaban J connectivity index is 1.53. The lowest BCUT2D eigenvalue weighted by atomic mass is 10.1. The summed E-state index contributed by atoms with van der Waals surface area (Å²) < 4.78 is 40.0. The summed E-state index contributed by atoms with van der Waals surface area (Å²) in [6.07, 6.45) is -3.01. The van der Waals surface area contributed by atoms with Crippen LogP contribution in [0.1, 0.15) is 22.8 Å². The van der Waals surface area contributed by atoms with Crippen LogP contribution in [0.4, 0.5) is 30.4 Å². The highest BCUT2D eigenvalue weighted by atomic mass is 19.4. The predicted octanol–water partition coefficient (Wildman–Crippen LogP) is 3.92. The molecule has 0 fully saturated rings. The first-order valence-electron chi connectivity index (χ1n) is 9.36. The van der Waals surface area contributed by atoms with Gasteiger partial charge in [0.1, 0.15) is 6.04 Å². The quantitative estimate of drug-likeness (QED) is 0.662. The first kappa shape index (κ1) is 20.5. The number of carbonyl (C=O) groups is 2. The summed E-state index contributed by atoms with van der Waals surface area (Å²) in [7, 11) is 1.79. The molecule has 0 radical (unpaired) electrons. The SMILES string of the molecule is CC1C(=O)Nc2cc(C(=O)Nc3ccn(-c4cccc(C(F)(F)F)c4)n3)ccc2N1C. The van der Waals surface area contributed by atoms with Crippen molar-refractivity contribution in [3.05, 3.63) is 65.9 Å². The van der Waals surface area contributed by atoms with Crippen LogP contribution in [0.5, 0.6) is 0 Å². The van der Waals surface area contributed by atoms with E-state index in [1.54, 1.807) is 32.2 Å². The van der Waals surface area contributed by atoms with E-state index in [0.29, 0.717) is 11.3 Å². The monoisotopic (exact) mass is 429 g/mol. The number of fused-ring (bicyclic) bond motifs is 1. The first-order chi connectivity index (χ1) is 14.6. The van der Waals surface area contributed by atoms with Crippen molar-refractivity contribution in [3.8, 4) is 5.69 Å². The Morgan fingerprint density at radius 3 is 2.68 bits per heavy atom. The van der Waals surface area contributed by atoms with E-state index in [-0.39, 0.29) is 23.5 Å². The molecule has 1 aliphatic rings. The van der Waals surface area contributed by atoms with Crippen molar-refractivity contribution in [3.63, 3.8) is 0 Å². The molecule has 1 atom stereocenters. The van der Waals surface area contributed by atoms with E-state index in [4.69, 9.17) is 0 Å². The number of nitrogens with zero attached hydrogens (tertiary/aromatic N) is 3. The fraction of sp³-hybridized carbons (Fsp3) is 0.190. The molecule has 10 heteroatoms. The second kappa shape index (κ2) is 7.46. The maximum Gasteiger partial charge on any atom is 0.416 e. The molecular weight excluding hydrogens is 411 g/mol. The van der Waals surface area contributed by atoms with E-state index in [1.807, 2.05) is 4.90 Å². The van der Waals surface area contributed by atoms with Gasteiger partial charge in [-0.1, -0.05) is 6.07 Å². The molecule has 2 amide bonds. The van der Waals surface area contributed by atoms with Crippen molar-refractivity contribution in [1.29, 1.82) is 0 Å². The second-order valence-corrected chi connectivity index (χ2v) is 7.16. The molecule has 3 aromatic rings.